The topological polar surface area (TPSA) is 72.8 Å². The first kappa shape index (κ1) is 30.7. The van der Waals surface area contributed by atoms with Crippen molar-refractivity contribution in [1.82, 2.24) is 0 Å². The third-order valence-corrected chi connectivity index (χ3v) is 7.07. The molecule has 0 bridgehead atoms. The Labute approximate surface area is 209 Å². The first-order valence-corrected chi connectivity index (χ1v) is 14.1. The summed E-state index contributed by atoms with van der Waals surface area (Å²) in [7, 11) is 0. The Kier molecular flexibility index (Phi) is 16.2. The predicted octanol–water partition coefficient (Wildman–Crippen LogP) is 7.44. The summed E-state index contributed by atoms with van der Waals surface area (Å²) in [5, 5.41) is 9.92. The Morgan fingerprint density at radius 3 is 1.76 bits per heavy atom. The Morgan fingerprint density at radius 1 is 0.882 bits per heavy atom. The zero-order valence-corrected chi connectivity index (χ0v) is 22.6. The lowest BCUT2D eigenvalue weighted by atomic mass is 9.93. The van der Waals surface area contributed by atoms with Gasteiger partial charge in [0.15, 0.2) is 5.60 Å². The zero-order valence-electron chi connectivity index (χ0n) is 22.6. The molecule has 0 aromatic carbocycles. The fraction of sp³-hybridized carbons (Fsp3) is 0.862. The van der Waals surface area contributed by atoms with Gasteiger partial charge in [-0.15, -0.1) is 0 Å². The van der Waals surface area contributed by atoms with Gasteiger partial charge in [-0.25, -0.2) is 4.79 Å². The minimum Gasteiger partial charge on any atom is -0.461 e. The number of ether oxygens (including phenoxy) is 2. The first-order valence-electron chi connectivity index (χ1n) is 14.1. The van der Waals surface area contributed by atoms with Crippen LogP contribution < -0.4 is 0 Å². The Hall–Kier alpha value is -1.36. The summed E-state index contributed by atoms with van der Waals surface area (Å²) in [4.78, 5) is 25.2. The number of aliphatic hydroxyl groups excluding tert-OH is 1. The summed E-state index contributed by atoms with van der Waals surface area (Å²) in [5.74, 6) is -0.721. The summed E-state index contributed by atoms with van der Waals surface area (Å²) < 4.78 is 11.1. The maximum Gasteiger partial charge on any atom is 0.334 e. The summed E-state index contributed by atoms with van der Waals surface area (Å²) in [6.07, 6.45) is 19.1. The lowest BCUT2D eigenvalue weighted by Gasteiger charge is -2.25. The van der Waals surface area contributed by atoms with Crippen molar-refractivity contribution in [3.63, 3.8) is 0 Å². The van der Waals surface area contributed by atoms with E-state index in [0.29, 0.717) is 5.57 Å². The van der Waals surface area contributed by atoms with E-state index in [0.717, 1.165) is 44.1 Å². The van der Waals surface area contributed by atoms with Crippen molar-refractivity contribution < 1.29 is 24.2 Å². The van der Waals surface area contributed by atoms with Crippen molar-refractivity contribution in [3.8, 4) is 0 Å². The van der Waals surface area contributed by atoms with Crippen LogP contribution in [0.2, 0.25) is 0 Å². The number of aliphatic hydroxyl groups is 1. The van der Waals surface area contributed by atoms with Gasteiger partial charge in [-0.05, 0) is 26.7 Å². The third-order valence-electron chi connectivity index (χ3n) is 7.07. The SMILES string of the molecule is CCCCCCCCCC(CCCCCCCCC)C(=O)OCC1(CO)CC(=C(C)C)C(=O)O1. The molecule has 1 saturated heterocycles. The fourth-order valence-electron chi connectivity index (χ4n) is 4.68. The molecule has 1 fully saturated rings. The van der Waals surface area contributed by atoms with Crippen LogP contribution in [0.4, 0.5) is 0 Å². The summed E-state index contributed by atoms with van der Waals surface area (Å²) >= 11 is 0. The Bertz CT molecular complexity index is 590. The molecule has 1 aliphatic heterocycles. The van der Waals surface area contributed by atoms with E-state index in [1.54, 1.807) is 0 Å². The zero-order chi connectivity index (χ0) is 25.2. The quantitative estimate of drug-likeness (QED) is 0.111. The van der Waals surface area contributed by atoms with Crippen LogP contribution >= 0.6 is 0 Å². The van der Waals surface area contributed by atoms with E-state index >= 15 is 0 Å². The van der Waals surface area contributed by atoms with Gasteiger partial charge in [0, 0.05) is 12.0 Å². The molecule has 0 aromatic rings. The molecule has 1 rings (SSSR count). The second-order valence-electron chi connectivity index (χ2n) is 10.5. The monoisotopic (exact) mass is 480 g/mol. The highest BCUT2D eigenvalue weighted by atomic mass is 16.6. The van der Waals surface area contributed by atoms with Gasteiger partial charge in [0.1, 0.15) is 6.61 Å². The van der Waals surface area contributed by atoms with Gasteiger partial charge in [0.25, 0.3) is 0 Å². The second-order valence-corrected chi connectivity index (χ2v) is 10.5. The molecule has 0 aromatic heterocycles. The number of cyclic esters (lactones) is 1. The van der Waals surface area contributed by atoms with Gasteiger partial charge in [0.2, 0.25) is 0 Å². The molecule has 0 radical (unpaired) electrons. The number of allylic oxidation sites excluding steroid dienone is 1. The average Bonchev–Trinajstić information content (AvgIpc) is 3.17. The van der Waals surface area contributed by atoms with Crippen molar-refractivity contribution in [3.05, 3.63) is 11.1 Å². The minimum absolute atomic E-state index is 0.0740. The smallest absolute Gasteiger partial charge is 0.334 e. The van der Waals surface area contributed by atoms with E-state index in [1.165, 1.54) is 64.2 Å². The van der Waals surface area contributed by atoms with Gasteiger partial charge in [-0.1, -0.05) is 109 Å². The van der Waals surface area contributed by atoms with Gasteiger partial charge in [0.05, 0.1) is 12.5 Å². The van der Waals surface area contributed by atoms with Gasteiger partial charge >= 0.3 is 11.9 Å². The van der Waals surface area contributed by atoms with Crippen LogP contribution in [-0.2, 0) is 19.1 Å². The molecular formula is C29H52O5. The van der Waals surface area contributed by atoms with E-state index in [-0.39, 0.29) is 31.5 Å². The highest BCUT2D eigenvalue weighted by molar-refractivity contribution is 5.92. The molecule has 5 nitrogen and oxygen atoms in total. The summed E-state index contributed by atoms with van der Waals surface area (Å²) in [5.41, 5.74) is 0.317. The van der Waals surface area contributed by atoms with Crippen LogP contribution in [0.5, 0.6) is 0 Å². The van der Waals surface area contributed by atoms with E-state index in [2.05, 4.69) is 13.8 Å². The highest BCUT2D eigenvalue weighted by Crippen LogP contribution is 2.33. The third kappa shape index (κ3) is 11.9. The van der Waals surface area contributed by atoms with E-state index in [4.69, 9.17) is 9.47 Å². The molecule has 1 N–H and O–H groups in total. The molecule has 34 heavy (non-hydrogen) atoms. The van der Waals surface area contributed by atoms with Gasteiger partial charge in [-0.3, -0.25) is 4.79 Å². The molecule has 1 atom stereocenters. The van der Waals surface area contributed by atoms with Crippen molar-refractivity contribution in [2.75, 3.05) is 13.2 Å². The van der Waals surface area contributed by atoms with Crippen molar-refractivity contribution in [2.45, 2.75) is 142 Å². The number of hydrogen-bond donors (Lipinski definition) is 1. The molecule has 0 amide bonds. The van der Waals surface area contributed by atoms with Crippen LogP contribution in [0.1, 0.15) is 137 Å². The number of carbonyl (C=O) groups excluding carboxylic acids is 2. The van der Waals surface area contributed by atoms with Crippen LogP contribution in [0.25, 0.3) is 0 Å². The Balaban J connectivity index is 2.55. The van der Waals surface area contributed by atoms with Crippen LogP contribution in [0.3, 0.4) is 0 Å². The largest absolute Gasteiger partial charge is 0.461 e. The molecule has 5 heteroatoms. The second kappa shape index (κ2) is 18.0. The van der Waals surface area contributed by atoms with Crippen LogP contribution in [0, 0.1) is 5.92 Å². The lowest BCUT2D eigenvalue weighted by Crippen LogP contribution is -2.40. The minimum atomic E-state index is -1.14. The predicted molar refractivity (Wildman–Crippen MR) is 139 cm³/mol. The van der Waals surface area contributed by atoms with Crippen molar-refractivity contribution in [1.29, 1.82) is 0 Å². The summed E-state index contributed by atoms with van der Waals surface area (Å²) in [6, 6.07) is 0. The molecule has 1 heterocycles. The number of unbranched alkanes of at least 4 members (excludes halogenated alkanes) is 12. The normalized spacial score (nSPS) is 17.9. The molecule has 1 unspecified atom stereocenters. The standard InChI is InChI=1S/C29H52O5/c1-5-7-9-11-13-15-17-19-25(20-18-16-14-12-10-8-6-2)27(31)33-23-29(22-30)21-26(24(3)4)28(32)34-29/h25,30H,5-23H2,1-4H3. The number of hydrogen-bond acceptors (Lipinski definition) is 5. The fourth-order valence-corrected chi connectivity index (χ4v) is 4.68. The van der Waals surface area contributed by atoms with Crippen molar-refractivity contribution >= 4 is 11.9 Å². The number of rotatable bonds is 20. The van der Waals surface area contributed by atoms with Gasteiger partial charge < -0.3 is 14.6 Å². The molecule has 198 valence electrons. The summed E-state index contributed by atoms with van der Waals surface area (Å²) in [6.45, 7) is 7.76. The maximum atomic E-state index is 13.0. The van der Waals surface area contributed by atoms with Crippen molar-refractivity contribution in [2.24, 2.45) is 5.92 Å². The molecule has 1 aliphatic rings. The molecule has 0 saturated carbocycles. The molecular weight excluding hydrogens is 428 g/mol. The van der Waals surface area contributed by atoms with E-state index in [1.807, 2.05) is 13.8 Å². The molecule has 0 aliphatic carbocycles. The number of esters is 2. The van der Waals surface area contributed by atoms with E-state index < -0.39 is 11.6 Å². The molecule has 0 spiro atoms. The first-order chi connectivity index (χ1) is 16.4. The van der Waals surface area contributed by atoms with Crippen LogP contribution in [0.15, 0.2) is 11.1 Å². The number of carbonyl (C=O) groups is 2. The average molecular weight is 481 g/mol. The van der Waals surface area contributed by atoms with Crippen LogP contribution in [-0.4, -0.2) is 35.9 Å². The lowest BCUT2D eigenvalue weighted by molar-refractivity contribution is -0.169. The Morgan fingerprint density at radius 2 is 1.35 bits per heavy atom. The van der Waals surface area contributed by atoms with E-state index in [9.17, 15) is 14.7 Å². The highest BCUT2D eigenvalue weighted by Gasteiger charge is 2.45. The maximum absolute atomic E-state index is 13.0. The van der Waals surface area contributed by atoms with Gasteiger partial charge in [-0.2, -0.15) is 0 Å².